The van der Waals surface area contributed by atoms with Gasteiger partial charge < -0.3 is 14.8 Å². The lowest BCUT2D eigenvalue weighted by atomic mass is 9.89. The molecule has 2 aromatic carbocycles. The highest BCUT2D eigenvalue weighted by Gasteiger charge is 2.38. The van der Waals surface area contributed by atoms with Crippen molar-refractivity contribution in [1.82, 2.24) is 15.0 Å². The second-order valence-electron chi connectivity index (χ2n) is 9.16. The van der Waals surface area contributed by atoms with Gasteiger partial charge in [-0.1, -0.05) is 12.1 Å². The molecule has 0 radical (unpaired) electrons. The van der Waals surface area contributed by atoms with Crippen molar-refractivity contribution in [2.24, 2.45) is 0 Å². The zero-order valence-electron chi connectivity index (χ0n) is 21.3. The van der Waals surface area contributed by atoms with E-state index in [4.69, 9.17) is 9.47 Å². The standard InChI is InChI=1S/C29H24F4N4O3/c1-2-39-28-35-14-18(15-36-28)27(38)37-20-6-3-17(4-7-20)25-21(22-13-19(30)5-8-23(22)31)10-12-34-26(25)24-9-11-29(32,33)16-40-24/h3-8,10,12-15,24H,2,9,11,16H2,1H3,(H,37,38). The number of ether oxygens (including phenoxy) is 2. The lowest BCUT2D eigenvalue weighted by molar-refractivity contribution is -0.146. The third-order valence-corrected chi connectivity index (χ3v) is 6.37. The second-order valence-corrected chi connectivity index (χ2v) is 9.16. The molecule has 11 heteroatoms. The Bertz CT molecular complexity index is 1510. The first-order valence-electron chi connectivity index (χ1n) is 12.5. The molecular formula is C29H24F4N4O3. The number of hydrogen-bond acceptors (Lipinski definition) is 6. The predicted molar refractivity (Wildman–Crippen MR) is 139 cm³/mol. The number of halogens is 4. The van der Waals surface area contributed by atoms with E-state index < -0.39 is 42.6 Å². The summed E-state index contributed by atoms with van der Waals surface area (Å²) in [6.07, 6.45) is 2.94. The summed E-state index contributed by atoms with van der Waals surface area (Å²) in [6, 6.07) is 11.4. The molecule has 0 aliphatic carbocycles. The number of nitrogens with zero attached hydrogens (tertiary/aromatic N) is 3. The summed E-state index contributed by atoms with van der Waals surface area (Å²) >= 11 is 0. The molecule has 7 nitrogen and oxygen atoms in total. The van der Waals surface area contributed by atoms with Crippen LogP contribution in [0, 0.1) is 11.6 Å². The zero-order chi connectivity index (χ0) is 28.3. The molecule has 40 heavy (non-hydrogen) atoms. The minimum Gasteiger partial charge on any atom is -0.464 e. The lowest BCUT2D eigenvalue weighted by Crippen LogP contribution is -2.31. The Balaban J connectivity index is 1.49. The fourth-order valence-corrected chi connectivity index (χ4v) is 4.45. The molecule has 1 N–H and O–H groups in total. The van der Waals surface area contributed by atoms with Gasteiger partial charge in [-0.15, -0.1) is 0 Å². The number of aromatic nitrogens is 3. The smallest absolute Gasteiger partial charge is 0.316 e. The predicted octanol–water partition coefficient (Wildman–Crippen LogP) is 6.62. The molecule has 1 fully saturated rings. The third kappa shape index (κ3) is 5.94. The zero-order valence-corrected chi connectivity index (χ0v) is 21.3. The van der Waals surface area contributed by atoms with Crippen LogP contribution in [0.1, 0.15) is 41.9 Å². The van der Waals surface area contributed by atoms with E-state index >= 15 is 0 Å². The summed E-state index contributed by atoms with van der Waals surface area (Å²) < 4.78 is 67.3. The largest absolute Gasteiger partial charge is 0.464 e. The van der Waals surface area contributed by atoms with E-state index in [2.05, 4.69) is 20.3 Å². The number of carbonyl (C=O) groups excluding carboxylic acids is 1. The van der Waals surface area contributed by atoms with E-state index in [-0.39, 0.29) is 23.6 Å². The van der Waals surface area contributed by atoms with Crippen LogP contribution >= 0.6 is 0 Å². The van der Waals surface area contributed by atoms with Crippen molar-refractivity contribution in [3.05, 3.63) is 90.0 Å². The Labute approximate surface area is 227 Å². The van der Waals surface area contributed by atoms with Crippen LogP contribution in [0.15, 0.2) is 67.1 Å². The highest BCUT2D eigenvalue weighted by atomic mass is 19.3. The normalized spacial score (nSPS) is 16.4. The molecule has 0 spiro atoms. The average Bonchev–Trinajstić information content (AvgIpc) is 2.95. The molecule has 1 aliphatic heterocycles. The number of carbonyl (C=O) groups is 1. The molecule has 0 saturated carbocycles. The quantitative estimate of drug-likeness (QED) is 0.259. The summed E-state index contributed by atoms with van der Waals surface area (Å²) in [5.74, 6) is -4.68. The van der Waals surface area contributed by atoms with Gasteiger partial charge >= 0.3 is 6.01 Å². The summed E-state index contributed by atoms with van der Waals surface area (Å²) in [7, 11) is 0. The van der Waals surface area contributed by atoms with E-state index in [1.165, 1.54) is 24.7 Å². The van der Waals surface area contributed by atoms with Gasteiger partial charge in [0.15, 0.2) is 0 Å². The molecular weight excluding hydrogens is 528 g/mol. The van der Waals surface area contributed by atoms with Gasteiger partial charge in [0.1, 0.15) is 24.3 Å². The van der Waals surface area contributed by atoms with Crippen LogP contribution in [-0.4, -0.2) is 40.0 Å². The van der Waals surface area contributed by atoms with Crippen LogP contribution in [0.3, 0.4) is 0 Å². The number of alkyl halides is 2. The van der Waals surface area contributed by atoms with Crippen molar-refractivity contribution >= 4 is 11.6 Å². The fourth-order valence-electron chi connectivity index (χ4n) is 4.45. The minimum atomic E-state index is -2.95. The van der Waals surface area contributed by atoms with E-state index in [9.17, 15) is 22.4 Å². The molecule has 0 bridgehead atoms. The monoisotopic (exact) mass is 552 g/mol. The Morgan fingerprint density at radius 1 is 1.05 bits per heavy atom. The van der Waals surface area contributed by atoms with Gasteiger partial charge in [-0.3, -0.25) is 9.78 Å². The first kappa shape index (κ1) is 27.2. The Morgan fingerprint density at radius 3 is 2.48 bits per heavy atom. The van der Waals surface area contributed by atoms with E-state index in [0.29, 0.717) is 34.7 Å². The van der Waals surface area contributed by atoms with Crippen molar-refractivity contribution in [2.45, 2.75) is 31.8 Å². The van der Waals surface area contributed by atoms with Crippen molar-refractivity contribution < 1.29 is 31.8 Å². The molecule has 5 rings (SSSR count). The van der Waals surface area contributed by atoms with Crippen molar-refractivity contribution in [3.8, 4) is 28.3 Å². The van der Waals surface area contributed by atoms with Gasteiger partial charge in [0.2, 0.25) is 0 Å². The van der Waals surface area contributed by atoms with Gasteiger partial charge in [-0.05, 0) is 60.9 Å². The number of amides is 1. The third-order valence-electron chi connectivity index (χ3n) is 6.37. The number of anilines is 1. The Hall–Kier alpha value is -4.38. The SMILES string of the molecule is CCOc1ncc(C(=O)Nc2ccc(-c3c(-c4cc(F)ccc4F)ccnc3C3CCC(F)(F)CO3)cc2)cn1. The first-order chi connectivity index (χ1) is 19.2. The van der Waals surface area contributed by atoms with Gasteiger partial charge in [-0.2, -0.15) is 0 Å². The molecule has 1 atom stereocenters. The fraction of sp³-hybridized carbons (Fsp3) is 0.241. The van der Waals surface area contributed by atoms with Crippen molar-refractivity contribution in [2.75, 3.05) is 18.5 Å². The van der Waals surface area contributed by atoms with E-state index in [1.807, 2.05) is 0 Å². The lowest BCUT2D eigenvalue weighted by Gasteiger charge is -2.30. The van der Waals surface area contributed by atoms with Gasteiger partial charge in [-0.25, -0.2) is 27.5 Å². The first-order valence-corrected chi connectivity index (χ1v) is 12.5. The minimum absolute atomic E-state index is 0.000381. The van der Waals surface area contributed by atoms with Crippen LogP contribution in [-0.2, 0) is 4.74 Å². The summed E-state index contributed by atoms with van der Waals surface area (Å²) in [6.45, 7) is 1.42. The van der Waals surface area contributed by atoms with E-state index in [1.54, 1.807) is 31.2 Å². The van der Waals surface area contributed by atoms with Crippen LogP contribution in [0.25, 0.3) is 22.3 Å². The molecule has 1 saturated heterocycles. The van der Waals surface area contributed by atoms with Gasteiger partial charge in [0.25, 0.3) is 11.8 Å². The highest BCUT2D eigenvalue weighted by molar-refractivity contribution is 6.04. The van der Waals surface area contributed by atoms with Gasteiger partial charge in [0.05, 0.1) is 17.9 Å². The number of nitrogens with one attached hydrogen (secondary N) is 1. The number of benzene rings is 2. The maximum Gasteiger partial charge on any atom is 0.316 e. The molecule has 206 valence electrons. The molecule has 2 aromatic heterocycles. The number of hydrogen-bond donors (Lipinski definition) is 1. The topological polar surface area (TPSA) is 86.2 Å². The highest BCUT2D eigenvalue weighted by Crippen LogP contribution is 2.43. The average molecular weight is 553 g/mol. The maximum absolute atomic E-state index is 14.9. The maximum atomic E-state index is 14.9. The Kier molecular flexibility index (Phi) is 7.74. The second kappa shape index (κ2) is 11.4. The Morgan fingerprint density at radius 2 is 1.80 bits per heavy atom. The summed E-state index contributed by atoms with van der Waals surface area (Å²) in [4.78, 5) is 25.0. The molecule has 3 heterocycles. The molecule has 1 unspecified atom stereocenters. The van der Waals surface area contributed by atoms with Crippen LogP contribution in [0.4, 0.5) is 23.2 Å². The molecule has 1 aliphatic rings. The van der Waals surface area contributed by atoms with Crippen LogP contribution < -0.4 is 10.1 Å². The number of pyridine rings is 1. The van der Waals surface area contributed by atoms with E-state index in [0.717, 1.165) is 18.2 Å². The molecule has 1 amide bonds. The summed E-state index contributed by atoms with van der Waals surface area (Å²) in [5, 5.41) is 2.75. The van der Waals surface area contributed by atoms with Crippen LogP contribution in [0.5, 0.6) is 6.01 Å². The van der Waals surface area contributed by atoms with Gasteiger partial charge in [0, 0.05) is 41.8 Å². The van der Waals surface area contributed by atoms with Crippen molar-refractivity contribution in [1.29, 1.82) is 0 Å². The van der Waals surface area contributed by atoms with Crippen LogP contribution in [0.2, 0.25) is 0 Å². The summed E-state index contributed by atoms with van der Waals surface area (Å²) in [5.41, 5.74) is 2.28. The number of rotatable bonds is 7. The molecule has 4 aromatic rings. The van der Waals surface area contributed by atoms with Crippen molar-refractivity contribution in [3.63, 3.8) is 0 Å².